The van der Waals surface area contributed by atoms with E-state index in [4.69, 9.17) is 44.3 Å². The lowest BCUT2D eigenvalue weighted by Crippen LogP contribution is -2.50. The van der Waals surface area contributed by atoms with E-state index in [2.05, 4.69) is 9.97 Å². The van der Waals surface area contributed by atoms with Gasteiger partial charge < -0.3 is 19.3 Å². The van der Waals surface area contributed by atoms with E-state index in [1.54, 1.807) is 23.1 Å². The molecule has 190 valence electrons. The number of carbonyl (C=O) groups excluding carboxylic acids is 2. The van der Waals surface area contributed by atoms with Gasteiger partial charge >= 0.3 is 6.09 Å². The van der Waals surface area contributed by atoms with Crippen LogP contribution in [0.4, 0.5) is 10.6 Å². The molecular weight excluding hydrogens is 527 g/mol. The van der Waals surface area contributed by atoms with Crippen molar-refractivity contribution in [2.75, 3.05) is 37.7 Å². The van der Waals surface area contributed by atoms with E-state index < -0.39 is 5.60 Å². The zero-order valence-electron chi connectivity index (χ0n) is 20.1. The number of rotatable bonds is 5. The number of amides is 1. The van der Waals surface area contributed by atoms with Crippen molar-refractivity contribution in [1.29, 1.82) is 0 Å². The second-order valence-electron chi connectivity index (χ2n) is 9.25. The highest BCUT2D eigenvalue weighted by atomic mass is 35.5. The fourth-order valence-corrected chi connectivity index (χ4v) is 4.61. The molecule has 0 unspecified atom stereocenters. The monoisotopic (exact) mass is 550 g/mol. The summed E-state index contributed by atoms with van der Waals surface area (Å²) in [7, 11) is 0. The van der Waals surface area contributed by atoms with Crippen LogP contribution in [0.3, 0.4) is 0 Å². The Labute approximate surface area is 224 Å². The number of fused-ring (bicyclic) bond motifs is 1. The summed E-state index contributed by atoms with van der Waals surface area (Å²) in [4.78, 5) is 37.3. The third-order valence-electron chi connectivity index (χ3n) is 5.51. The number of benzene rings is 2. The zero-order chi connectivity index (χ0) is 26.0. The van der Waals surface area contributed by atoms with Gasteiger partial charge in [0.15, 0.2) is 23.3 Å². The summed E-state index contributed by atoms with van der Waals surface area (Å²) in [6.07, 6.45) is -0.378. The quantitative estimate of drug-likeness (QED) is 0.221. The molecule has 1 aromatic heterocycles. The summed E-state index contributed by atoms with van der Waals surface area (Å²) >= 11 is 18.8. The molecule has 11 heteroatoms. The molecule has 0 radical (unpaired) electrons. The van der Waals surface area contributed by atoms with Crippen molar-refractivity contribution in [2.45, 2.75) is 26.4 Å². The third kappa shape index (κ3) is 5.94. The van der Waals surface area contributed by atoms with E-state index in [-0.39, 0.29) is 34.7 Å². The molecule has 0 saturated carbocycles. The van der Waals surface area contributed by atoms with Gasteiger partial charge in [0.25, 0.3) is 0 Å². The molecule has 36 heavy (non-hydrogen) atoms. The summed E-state index contributed by atoms with van der Waals surface area (Å²) in [5.74, 6) is 0.222. The third-order valence-corrected chi connectivity index (χ3v) is 6.25. The van der Waals surface area contributed by atoms with E-state index in [0.717, 1.165) is 5.39 Å². The van der Waals surface area contributed by atoms with Crippen LogP contribution in [0, 0.1) is 0 Å². The molecule has 3 aromatic rings. The van der Waals surface area contributed by atoms with E-state index in [1.165, 1.54) is 0 Å². The number of anilines is 1. The van der Waals surface area contributed by atoms with Gasteiger partial charge in [-0.25, -0.2) is 9.78 Å². The summed E-state index contributed by atoms with van der Waals surface area (Å²) in [5.41, 5.74) is -0.138. The predicted octanol–water partition coefficient (Wildman–Crippen LogP) is 5.91. The molecule has 1 aliphatic rings. The molecular formula is C25H25Cl3N4O4. The zero-order valence-corrected chi connectivity index (χ0v) is 22.3. The van der Waals surface area contributed by atoms with Crippen LogP contribution in [-0.2, 0) is 4.74 Å². The van der Waals surface area contributed by atoms with E-state index in [9.17, 15) is 9.59 Å². The molecule has 1 saturated heterocycles. The van der Waals surface area contributed by atoms with Gasteiger partial charge in [0.05, 0.1) is 0 Å². The number of ether oxygens (including phenoxy) is 2. The topological polar surface area (TPSA) is 84.9 Å². The van der Waals surface area contributed by atoms with Gasteiger partial charge in [-0.3, -0.25) is 4.79 Å². The first kappa shape index (κ1) is 26.3. The minimum Gasteiger partial charge on any atom is -0.478 e. The second-order valence-corrected chi connectivity index (χ2v) is 10.3. The Kier molecular flexibility index (Phi) is 7.78. The van der Waals surface area contributed by atoms with Gasteiger partial charge in [-0.15, -0.1) is 0 Å². The lowest BCUT2D eigenvalue weighted by molar-refractivity contribution is 0.0240. The molecule has 1 amide bonds. The summed E-state index contributed by atoms with van der Waals surface area (Å²) in [6.45, 7) is 6.84. The molecule has 0 bridgehead atoms. The molecule has 4 rings (SSSR count). The maximum Gasteiger partial charge on any atom is 0.410 e. The Morgan fingerprint density at radius 2 is 1.64 bits per heavy atom. The van der Waals surface area contributed by atoms with E-state index in [1.807, 2.05) is 43.9 Å². The van der Waals surface area contributed by atoms with Crippen molar-refractivity contribution in [3.8, 4) is 5.75 Å². The second kappa shape index (κ2) is 10.7. The van der Waals surface area contributed by atoms with Crippen molar-refractivity contribution in [2.24, 2.45) is 0 Å². The Morgan fingerprint density at radius 3 is 2.31 bits per heavy atom. The van der Waals surface area contributed by atoms with Crippen LogP contribution in [0.15, 0.2) is 36.4 Å². The number of hydrogen-bond donors (Lipinski definition) is 0. The Morgan fingerprint density at radius 1 is 0.972 bits per heavy atom. The molecule has 0 aliphatic carbocycles. The Bertz CT molecular complexity index is 1300. The normalized spacial score (nSPS) is 14.2. The molecule has 0 spiro atoms. The molecule has 1 aliphatic heterocycles. The van der Waals surface area contributed by atoms with Gasteiger partial charge in [0.2, 0.25) is 11.1 Å². The number of Topliss-reactive ketones (excluding diaryl/α,β-unsaturated/α-hetero) is 1. The molecule has 8 nitrogen and oxygen atoms in total. The highest BCUT2D eigenvalue weighted by Gasteiger charge is 2.29. The van der Waals surface area contributed by atoms with E-state index in [0.29, 0.717) is 48.0 Å². The van der Waals surface area contributed by atoms with Crippen LogP contribution < -0.4 is 9.64 Å². The van der Waals surface area contributed by atoms with Crippen molar-refractivity contribution in [3.63, 3.8) is 0 Å². The van der Waals surface area contributed by atoms with Crippen molar-refractivity contribution in [3.05, 3.63) is 57.4 Å². The smallest absolute Gasteiger partial charge is 0.410 e. The SMILES string of the molecule is CC(C)(C)OC(=O)N1CCN(c2nc(Cl)nc(Cl)c2OCC(=O)c2cccc3cccc(Cl)c23)CC1. The largest absolute Gasteiger partial charge is 0.478 e. The van der Waals surface area contributed by atoms with Gasteiger partial charge in [0.1, 0.15) is 5.60 Å². The first-order chi connectivity index (χ1) is 17.0. The molecule has 1 fully saturated rings. The summed E-state index contributed by atoms with van der Waals surface area (Å²) in [5, 5.41) is 1.93. The lowest BCUT2D eigenvalue weighted by Gasteiger charge is -2.36. The highest BCUT2D eigenvalue weighted by Crippen LogP contribution is 2.35. The van der Waals surface area contributed by atoms with E-state index >= 15 is 0 Å². The van der Waals surface area contributed by atoms with Crippen molar-refractivity contribution < 1.29 is 19.1 Å². The number of halogens is 3. The first-order valence-corrected chi connectivity index (χ1v) is 12.5. The standard InChI is InChI=1S/C25H25Cl3N4O4/c1-25(2,3)36-24(34)32-12-10-31(11-13-32)22-20(21(27)29-23(28)30-22)35-14-18(33)16-8-4-6-15-7-5-9-17(26)19(15)16/h4-9H,10-14H2,1-3H3. The lowest BCUT2D eigenvalue weighted by atomic mass is 10.0. The van der Waals surface area contributed by atoms with Crippen LogP contribution >= 0.6 is 34.8 Å². The maximum absolute atomic E-state index is 13.1. The van der Waals surface area contributed by atoms with Gasteiger partial charge in [-0.1, -0.05) is 53.5 Å². The van der Waals surface area contributed by atoms with Gasteiger partial charge in [0, 0.05) is 42.2 Å². The number of hydrogen-bond acceptors (Lipinski definition) is 7. The van der Waals surface area contributed by atoms with Crippen LogP contribution in [0.1, 0.15) is 31.1 Å². The van der Waals surface area contributed by atoms with Crippen LogP contribution in [-0.4, -0.2) is 65.1 Å². The van der Waals surface area contributed by atoms with Crippen molar-refractivity contribution in [1.82, 2.24) is 14.9 Å². The number of piperazine rings is 1. The minimum absolute atomic E-state index is 0.0108. The Balaban J connectivity index is 1.51. The average Bonchev–Trinajstić information content (AvgIpc) is 2.82. The highest BCUT2D eigenvalue weighted by molar-refractivity contribution is 6.37. The fourth-order valence-electron chi connectivity index (χ4n) is 3.90. The van der Waals surface area contributed by atoms with Crippen LogP contribution in [0.5, 0.6) is 5.75 Å². The van der Waals surface area contributed by atoms with Crippen LogP contribution in [0.25, 0.3) is 10.8 Å². The van der Waals surface area contributed by atoms with Crippen molar-refractivity contribution >= 4 is 63.3 Å². The molecule has 2 aromatic carbocycles. The van der Waals surface area contributed by atoms with Crippen LogP contribution in [0.2, 0.25) is 15.5 Å². The number of carbonyl (C=O) groups is 2. The number of nitrogens with zero attached hydrogens (tertiary/aromatic N) is 4. The molecule has 2 heterocycles. The summed E-state index contributed by atoms with van der Waals surface area (Å²) < 4.78 is 11.3. The summed E-state index contributed by atoms with van der Waals surface area (Å²) in [6, 6.07) is 10.8. The predicted molar refractivity (Wildman–Crippen MR) is 141 cm³/mol. The fraction of sp³-hybridized carbons (Fsp3) is 0.360. The van der Waals surface area contributed by atoms with Gasteiger partial charge in [-0.2, -0.15) is 4.98 Å². The average molecular weight is 552 g/mol. The maximum atomic E-state index is 13.1. The molecule has 0 atom stereocenters. The molecule has 0 N–H and O–H groups in total. The number of ketones is 1. The number of aromatic nitrogens is 2. The Hall–Kier alpha value is -2.81. The van der Waals surface area contributed by atoms with Gasteiger partial charge in [-0.05, 0) is 43.8 Å². The first-order valence-electron chi connectivity index (χ1n) is 11.3. The minimum atomic E-state index is -0.580.